The van der Waals surface area contributed by atoms with Gasteiger partial charge < -0.3 is 10.5 Å². The van der Waals surface area contributed by atoms with Crippen LogP contribution in [0.2, 0.25) is 0 Å². The molecular formula is C14H17F2N3O2. The van der Waals surface area contributed by atoms with Gasteiger partial charge in [-0.1, -0.05) is 0 Å². The maximum atomic E-state index is 13.9. The molecule has 0 fully saturated rings. The van der Waals surface area contributed by atoms with Crippen molar-refractivity contribution in [3.05, 3.63) is 39.9 Å². The van der Waals surface area contributed by atoms with Crippen LogP contribution in [0.5, 0.6) is 0 Å². The van der Waals surface area contributed by atoms with Crippen LogP contribution < -0.4 is 11.3 Å². The summed E-state index contributed by atoms with van der Waals surface area (Å²) in [5, 5.41) is -0.350. The first-order valence-corrected chi connectivity index (χ1v) is 6.60. The van der Waals surface area contributed by atoms with Crippen LogP contribution in [-0.4, -0.2) is 23.3 Å². The van der Waals surface area contributed by atoms with Gasteiger partial charge in [0.05, 0.1) is 6.04 Å². The minimum Gasteiger partial charge on any atom is -0.385 e. The third-order valence-corrected chi connectivity index (χ3v) is 3.18. The van der Waals surface area contributed by atoms with Gasteiger partial charge in [-0.05, 0) is 25.5 Å². The molecule has 2 N–H and O–H groups in total. The predicted octanol–water partition coefficient (Wildman–Crippen LogP) is 1.73. The number of ether oxygens (including phenoxy) is 1. The summed E-state index contributed by atoms with van der Waals surface area (Å²) in [7, 11) is 1.54. The Labute approximate surface area is 120 Å². The Kier molecular flexibility index (Phi) is 4.64. The molecule has 0 spiro atoms. The highest BCUT2D eigenvalue weighted by molar-refractivity contribution is 5.78. The van der Waals surface area contributed by atoms with Gasteiger partial charge in [0.15, 0.2) is 0 Å². The summed E-state index contributed by atoms with van der Waals surface area (Å²) in [6.07, 6.45) is 0.542. The van der Waals surface area contributed by atoms with Crippen molar-refractivity contribution in [3.63, 3.8) is 0 Å². The zero-order chi connectivity index (χ0) is 15.6. The number of hydrogen-bond acceptors (Lipinski definition) is 4. The molecule has 1 aromatic carbocycles. The van der Waals surface area contributed by atoms with Crippen molar-refractivity contribution in [2.75, 3.05) is 13.7 Å². The SMILES string of the molecule is COCCCn1c(C(C)N)nc2c(F)ccc(F)c2c1=O. The first-order valence-electron chi connectivity index (χ1n) is 6.60. The monoisotopic (exact) mass is 297 g/mol. The lowest BCUT2D eigenvalue weighted by Gasteiger charge is -2.16. The highest BCUT2D eigenvalue weighted by Crippen LogP contribution is 2.18. The number of nitrogens with two attached hydrogens (primary N) is 1. The Morgan fingerprint density at radius 2 is 2.05 bits per heavy atom. The predicted molar refractivity (Wildman–Crippen MR) is 75.0 cm³/mol. The van der Waals surface area contributed by atoms with Crippen LogP contribution in [0.25, 0.3) is 10.9 Å². The Bertz CT molecular complexity index is 713. The smallest absolute Gasteiger partial charge is 0.264 e. The average Bonchev–Trinajstić information content (AvgIpc) is 2.44. The van der Waals surface area contributed by atoms with Crippen molar-refractivity contribution in [2.45, 2.75) is 25.9 Å². The van der Waals surface area contributed by atoms with Crippen LogP contribution in [-0.2, 0) is 11.3 Å². The van der Waals surface area contributed by atoms with Crippen molar-refractivity contribution in [1.29, 1.82) is 0 Å². The van der Waals surface area contributed by atoms with Crippen molar-refractivity contribution < 1.29 is 13.5 Å². The zero-order valence-corrected chi connectivity index (χ0v) is 11.9. The minimum absolute atomic E-state index is 0.230. The van der Waals surface area contributed by atoms with E-state index in [0.717, 1.165) is 12.1 Å². The third kappa shape index (κ3) is 2.93. The molecule has 1 unspecified atom stereocenters. The lowest BCUT2D eigenvalue weighted by molar-refractivity contribution is 0.189. The maximum Gasteiger partial charge on any atom is 0.264 e. The molecule has 1 atom stereocenters. The highest BCUT2D eigenvalue weighted by Gasteiger charge is 2.18. The van der Waals surface area contributed by atoms with Gasteiger partial charge in [-0.3, -0.25) is 9.36 Å². The first kappa shape index (κ1) is 15.5. The molecule has 0 aliphatic heterocycles. The quantitative estimate of drug-likeness (QED) is 0.853. The molecule has 0 saturated heterocycles. The van der Waals surface area contributed by atoms with Gasteiger partial charge in [-0.15, -0.1) is 0 Å². The second kappa shape index (κ2) is 6.28. The number of halogens is 2. The van der Waals surface area contributed by atoms with Crippen molar-refractivity contribution in [2.24, 2.45) is 5.73 Å². The number of fused-ring (bicyclic) bond motifs is 1. The van der Waals surface area contributed by atoms with E-state index in [4.69, 9.17) is 10.5 Å². The second-order valence-electron chi connectivity index (χ2n) is 4.81. The molecule has 0 amide bonds. The summed E-state index contributed by atoms with van der Waals surface area (Å²) in [6.45, 7) is 2.36. The van der Waals surface area contributed by atoms with Crippen LogP contribution in [0.3, 0.4) is 0 Å². The highest BCUT2D eigenvalue weighted by atomic mass is 19.1. The standard InChI is InChI=1S/C14H17F2N3O2/c1-8(17)13-18-12-10(16)5-4-9(15)11(12)14(20)19(13)6-3-7-21-2/h4-5,8H,3,6-7,17H2,1-2H3. The molecule has 2 aromatic rings. The van der Waals surface area contributed by atoms with Gasteiger partial charge in [0.2, 0.25) is 0 Å². The normalized spacial score (nSPS) is 12.8. The van der Waals surface area contributed by atoms with Crippen molar-refractivity contribution in [3.8, 4) is 0 Å². The van der Waals surface area contributed by atoms with Crippen LogP contribution in [0.4, 0.5) is 8.78 Å². The molecule has 5 nitrogen and oxygen atoms in total. The lowest BCUT2D eigenvalue weighted by atomic mass is 10.2. The topological polar surface area (TPSA) is 70.1 Å². The molecule has 114 valence electrons. The molecule has 1 aromatic heterocycles. The largest absolute Gasteiger partial charge is 0.385 e. The fourth-order valence-corrected chi connectivity index (χ4v) is 2.20. The van der Waals surface area contributed by atoms with E-state index >= 15 is 0 Å². The van der Waals surface area contributed by atoms with E-state index in [-0.39, 0.29) is 23.3 Å². The minimum atomic E-state index is -0.791. The van der Waals surface area contributed by atoms with E-state index in [2.05, 4.69) is 4.98 Å². The Balaban J connectivity index is 2.70. The molecule has 0 aliphatic carbocycles. The lowest BCUT2D eigenvalue weighted by Crippen LogP contribution is -2.30. The number of benzene rings is 1. The average molecular weight is 297 g/mol. The van der Waals surface area contributed by atoms with Crippen LogP contribution in [0.15, 0.2) is 16.9 Å². The van der Waals surface area contributed by atoms with Gasteiger partial charge in [0, 0.05) is 20.3 Å². The maximum absolute atomic E-state index is 13.9. The summed E-state index contributed by atoms with van der Waals surface area (Å²) in [6, 6.07) is 1.29. The summed E-state index contributed by atoms with van der Waals surface area (Å²) in [4.78, 5) is 16.5. The van der Waals surface area contributed by atoms with E-state index in [1.54, 1.807) is 14.0 Å². The van der Waals surface area contributed by atoms with Gasteiger partial charge in [0.1, 0.15) is 28.4 Å². The molecule has 0 radical (unpaired) electrons. The third-order valence-electron chi connectivity index (χ3n) is 3.18. The fraction of sp³-hybridized carbons (Fsp3) is 0.429. The molecular weight excluding hydrogens is 280 g/mol. The summed E-state index contributed by atoms with van der Waals surface area (Å²) >= 11 is 0. The molecule has 21 heavy (non-hydrogen) atoms. The number of nitrogens with zero attached hydrogens (tertiary/aromatic N) is 2. The van der Waals surface area contributed by atoms with E-state index < -0.39 is 23.2 Å². The number of rotatable bonds is 5. The number of hydrogen-bond donors (Lipinski definition) is 1. The first-order chi connectivity index (χ1) is 9.97. The molecule has 1 heterocycles. The van der Waals surface area contributed by atoms with E-state index in [0.29, 0.717) is 13.0 Å². The zero-order valence-electron chi connectivity index (χ0n) is 11.9. The van der Waals surface area contributed by atoms with Crippen LogP contribution in [0, 0.1) is 11.6 Å². The van der Waals surface area contributed by atoms with Gasteiger partial charge in [0.25, 0.3) is 5.56 Å². The Hall–Kier alpha value is -1.86. The second-order valence-corrected chi connectivity index (χ2v) is 4.81. The Morgan fingerprint density at radius 3 is 2.67 bits per heavy atom. The number of methoxy groups -OCH3 is 1. The van der Waals surface area contributed by atoms with Crippen LogP contribution in [0.1, 0.15) is 25.2 Å². The molecule has 0 bridgehead atoms. The summed E-state index contributed by atoms with van der Waals surface area (Å²) < 4.78 is 33.9. The van der Waals surface area contributed by atoms with Crippen molar-refractivity contribution in [1.82, 2.24) is 9.55 Å². The van der Waals surface area contributed by atoms with Crippen LogP contribution >= 0.6 is 0 Å². The van der Waals surface area contributed by atoms with E-state index in [1.165, 1.54) is 4.57 Å². The summed E-state index contributed by atoms with van der Waals surface area (Å²) in [5.41, 5.74) is 4.89. The van der Waals surface area contributed by atoms with E-state index in [9.17, 15) is 13.6 Å². The fourth-order valence-electron chi connectivity index (χ4n) is 2.20. The van der Waals surface area contributed by atoms with Gasteiger partial charge in [-0.2, -0.15) is 0 Å². The summed E-state index contributed by atoms with van der Waals surface area (Å²) in [5.74, 6) is -1.30. The number of aromatic nitrogens is 2. The van der Waals surface area contributed by atoms with Crippen molar-refractivity contribution >= 4 is 10.9 Å². The molecule has 7 heteroatoms. The molecule has 0 saturated carbocycles. The molecule has 2 rings (SSSR count). The molecule has 0 aliphatic rings. The Morgan fingerprint density at radius 1 is 1.38 bits per heavy atom. The van der Waals surface area contributed by atoms with E-state index in [1.807, 2.05) is 0 Å². The van der Waals surface area contributed by atoms with Gasteiger partial charge in [-0.25, -0.2) is 13.8 Å². The van der Waals surface area contributed by atoms with Gasteiger partial charge >= 0.3 is 0 Å².